The number of aromatic nitrogens is 4. The van der Waals surface area contributed by atoms with E-state index >= 15 is 0 Å². The van der Waals surface area contributed by atoms with Gasteiger partial charge < -0.3 is 10.7 Å². The first kappa shape index (κ1) is 15.6. The van der Waals surface area contributed by atoms with Crippen LogP contribution >= 0.6 is 0 Å². The number of anilines is 1. The highest BCUT2D eigenvalue weighted by Crippen LogP contribution is 2.38. The predicted molar refractivity (Wildman–Crippen MR) is 86.5 cm³/mol. The van der Waals surface area contributed by atoms with Crippen molar-refractivity contribution in [2.24, 2.45) is 0 Å². The minimum absolute atomic E-state index is 0.0322. The first-order chi connectivity index (χ1) is 11.9. The normalized spacial score (nSPS) is 17.6. The molecule has 25 heavy (non-hydrogen) atoms. The summed E-state index contributed by atoms with van der Waals surface area (Å²) < 4.78 is 40.3. The molecule has 1 aliphatic carbocycles. The number of H-pyrrole nitrogens is 1. The quantitative estimate of drug-likeness (QED) is 0.675. The topological polar surface area (TPSA) is 90.3 Å². The van der Waals surface area contributed by atoms with Crippen LogP contribution in [-0.2, 0) is 6.18 Å². The van der Waals surface area contributed by atoms with E-state index in [0.29, 0.717) is 35.4 Å². The van der Waals surface area contributed by atoms with Crippen LogP contribution in [0, 0.1) is 5.41 Å². The molecule has 1 fully saturated rings. The zero-order chi connectivity index (χ0) is 17.6. The summed E-state index contributed by atoms with van der Waals surface area (Å²) in [5.41, 5.74) is 0.0742. The summed E-state index contributed by atoms with van der Waals surface area (Å²) in [6.45, 7) is 0. The largest absolute Gasteiger partial charge is 0.418 e. The number of nitrogens with one attached hydrogen (secondary N) is 3. The molecule has 3 aromatic heterocycles. The molecule has 1 aliphatic rings. The summed E-state index contributed by atoms with van der Waals surface area (Å²) >= 11 is 0. The van der Waals surface area contributed by atoms with Gasteiger partial charge in [-0.1, -0.05) is 0 Å². The van der Waals surface area contributed by atoms with Gasteiger partial charge >= 0.3 is 6.18 Å². The van der Waals surface area contributed by atoms with E-state index in [9.17, 15) is 13.2 Å². The maximum atomic E-state index is 13.4. The standard InChI is InChI=1S/C16H13F3N6/c17-16(18,19)11-3-4-12(22-9-6-8(20)7-9)23-14(11)13-10-2-1-5-21-15(10)25-24-13/h1-5,9,20H,6-7H2,(H,22,23)(H,21,24,25). The minimum Gasteiger partial charge on any atom is -0.367 e. The molecule has 0 atom stereocenters. The summed E-state index contributed by atoms with van der Waals surface area (Å²) in [6.07, 6.45) is -1.86. The third-order valence-corrected chi connectivity index (χ3v) is 4.10. The Morgan fingerprint density at radius 3 is 2.72 bits per heavy atom. The van der Waals surface area contributed by atoms with E-state index in [1.165, 1.54) is 12.3 Å². The van der Waals surface area contributed by atoms with Gasteiger partial charge in [-0.3, -0.25) is 5.10 Å². The first-order valence-corrected chi connectivity index (χ1v) is 7.62. The first-order valence-electron chi connectivity index (χ1n) is 7.62. The SMILES string of the molecule is N=C1CC(Nc2ccc(C(F)(F)F)c(-c3[nH]nc4ncccc34)n2)C1. The fraction of sp³-hybridized carbons (Fsp3) is 0.250. The van der Waals surface area contributed by atoms with Gasteiger partial charge in [-0.05, 0) is 24.3 Å². The molecule has 0 radical (unpaired) electrons. The van der Waals surface area contributed by atoms with Crippen LogP contribution in [0.4, 0.5) is 19.0 Å². The molecule has 9 heteroatoms. The number of fused-ring (bicyclic) bond motifs is 1. The van der Waals surface area contributed by atoms with Gasteiger partial charge in [-0.15, -0.1) is 0 Å². The highest BCUT2D eigenvalue weighted by atomic mass is 19.4. The molecular weight excluding hydrogens is 333 g/mol. The van der Waals surface area contributed by atoms with Crippen molar-refractivity contribution < 1.29 is 13.2 Å². The highest BCUT2D eigenvalue weighted by Gasteiger charge is 2.36. The van der Waals surface area contributed by atoms with Crippen molar-refractivity contribution in [1.82, 2.24) is 20.2 Å². The van der Waals surface area contributed by atoms with Gasteiger partial charge in [-0.25, -0.2) is 9.97 Å². The molecule has 0 saturated heterocycles. The summed E-state index contributed by atoms with van der Waals surface area (Å²) in [7, 11) is 0. The lowest BCUT2D eigenvalue weighted by molar-refractivity contribution is -0.137. The molecule has 0 aliphatic heterocycles. The minimum atomic E-state index is -4.54. The number of pyridine rings is 2. The van der Waals surface area contributed by atoms with E-state index in [1.807, 2.05) is 0 Å². The van der Waals surface area contributed by atoms with Crippen LogP contribution in [0.3, 0.4) is 0 Å². The van der Waals surface area contributed by atoms with Crippen molar-refractivity contribution >= 4 is 22.6 Å². The number of hydrogen-bond acceptors (Lipinski definition) is 5. The Kier molecular flexibility index (Phi) is 3.45. The van der Waals surface area contributed by atoms with E-state index in [1.54, 1.807) is 12.1 Å². The maximum Gasteiger partial charge on any atom is 0.418 e. The molecule has 6 nitrogen and oxygen atoms in total. The van der Waals surface area contributed by atoms with Crippen molar-refractivity contribution in [3.63, 3.8) is 0 Å². The van der Waals surface area contributed by atoms with Crippen LogP contribution < -0.4 is 5.32 Å². The molecule has 0 aromatic carbocycles. The summed E-state index contributed by atoms with van der Waals surface area (Å²) in [6, 6.07) is 5.64. The van der Waals surface area contributed by atoms with Gasteiger partial charge in [0.25, 0.3) is 0 Å². The Morgan fingerprint density at radius 2 is 2.00 bits per heavy atom. The molecule has 3 aromatic rings. The molecule has 128 valence electrons. The zero-order valence-electron chi connectivity index (χ0n) is 12.9. The average molecular weight is 346 g/mol. The lowest BCUT2D eigenvalue weighted by atomic mass is 9.90. The van der Waals surface area contributed by atoms with Crippen molar-refractivity contribution in [3.05, 3.63) is 36.0 Å². The van der Waals surface area contributed by atoms with E-state index in [2.05, 4.69) is 25.5 Å². The molecule has 0 bridgehead atoms. The molecule has 0 unspecified atom stereocenters. The van der Waals surface area contributed by atoms with Gasteiger partial charge in [0, 0.05) is 36.2 Å². The predicted octanol–water partition coefficient (Wildman–Crippen LogP) is 3.63. The molecule has 3 N–H and O–H groups in total. The van der Waals surface area contributed by atoms with Crippen LogP contribution in [-0.4, -0.2) is 31.9 Å². The Morgan fingerprint density at radius 1 is 1.20 bits per heavy atom. The fourth-order valence-corrected chi connectivity index (χ4v) is 2.84. The molecule has 0 amide bonds. The number of halogens is 3. The number of rotatable bonds is 3. The Hall–Kier alpha value is -2.97. The molecule has 4 rings (SSSR count). The maximum absolute atomic E-state index is 13.4. The van der Waals surface area contributed by atoms with Crippen LogP contribution in [0.15, 0.2) is 30.5 Å². The lowest BCUT2D eigenvalue weighted by Crippen LogP contribution is -2.35. The molecular formula is C16H13F3N6. The third kappa shape index (κ3) is 2.81. The van der Waals surface area contributed by atoms with Gasteiger partial charge in [0.2, 0.25) is 0 Å². The smallest absolute Gasteiger partial charge is 0.367 e. The number of aromatic amines is 1. The molecule has 1 saturated carbocycles. The van der Waals surface area contributed by atoms with Gasteiger partial charge in [0.1, 0.15) is 11.5 Å². The van der Waals surface area contributed by atoms with E-state index < -0.39 is 11.7 Å². The molecule has 3 heterocycles. The summed E-state index contributed by atoms with van der Waals surface area (Å²) in [4.78, 5) is 8.21. The summed E-state index contributed by atoms with van der Waals surface area (Å²) in [5.74, 6) is 0.340. The van der Waals surface area contributed by atoms with Gasteiger partial charge in [0.15, 0.2) is 5.65 Å². The second kappa shape index (κ2) is 5.54. The average Bonchev–Trinajstić information content (AvgIpc) is 2.96. The van der Waals surface area contributed by atoms with Crippen LogP contribution in [0.25, 0.3) is 22.4 Å². The van der Waals surface area contributed by atoms with Crippen LogP contribution in [0.5, 0.6) is 0 Å². The Balaban J connectivity index is 1.81. The van der Waals surface area contributed by atoms with Crippen molar-refractivity contribution in [1.29, 1.82) is 5.41 Å². The van der Waals surface area contributed by atoms with E-state index in [-0.39, 0.29) is 17.4 Å². The summed E-state index contributed by atoms with van der Waals surface area (Å²) in [5, 5.41) is 17.6. The second-order valence-electron chi connectivity index (χ2n) is 5.92. The lowest BCUT2D eigenvalue weighted by Gasteiger charge is -2.28. The Labute approximate surface area is 140 Å². The van der Waals surface area contributed by atoms with Crippen molar-refractivity contribution in [2.75, 3.05) is 5.32 Å². The number of nitrogens with zero attached hydrogens (tertiary/aromatic N) is 3. The number of alkyl halides is 3. The van der Waals surface area contributed by atoms with Gasteiger partial charge in [0.05, 0.1) is 11.3 Å². The zero-order valence-corrected chi connectivity index (χ0v) is 12.9. The van der Waals surface area contributed by atoms with Gasteiger partial charge in [-0.2, -0.15) is 18.3 Å². The van der Waals surface area contributed by atoms with Crippen LogP contribution in [0.1, 0.15) is 18.4 Å². The van der Waals surface area contributed by atoms with Crippen LogP contribution in [0.2, 0.25) is 0 Å². The monoisotopic (exact) mass is 346 g/mol. The molecule has 0 spiro atoms. The van der Waals surface area contributed by atoms with E-state index in [4.69, 9.17) is 5.41 Å². The Bertz CT molecular complexity index is 954. The third-order valence-electron chi connectivity index (χ3n) is 4.10. The highest BCUT2D eigenvalue weighted by molar-refractivity contribution is 5.91. The van der Waals surface area contributed by atoms with E-state index in [0.717, 1.165) is 6.07 Å². The fourth-order valence-electron chi connectivity index (χ4n) is 2.84. The van der Waals surface area contributed by atoms with Crippen molar-refractivity contribution in [3.8, 4) is 11.4 Å². The number of hydrogen-bond donors (Lipinski definition) is 3. The van der Waals surface area contributed by atoms with Crippen molar-refractivity contribution in [2.45, 2.75) is 25.1 Å². The second-order valence-corrected chi connectivity index (χ2v) is 5.92.